The van der Waals surface area contributed by atoms with E-state index in [0.29, 0.717) is 31.1 Å². The van der Waals surface area contributed by atoms with E-state index in [1.807, 2.05) is 6.92 Å². The molecular formula is C16H22O3. The molecule has 3 heteroatoms. The summed E-state index contributed by atoms with van der Waals surface area (Å²) in [4.78, 5) is 11.8. The summed E-state index contributed by atoms with van der Waals surface area (Å²) in [5, 5.41) is 19.9. The lowest BCUT2D eigenvalue weighted by molar-refractivity contribution is -0.117. The van der Waals surface area contributed by atoms with E-state index in [1.165, 1.54) is 5.57 Å². The molecule has 0 aromatic heterocycles. The summed E-state index contributed by atoms with van der Waals surface area (Å²) in [6, 6.07) is 0. The predicted octanol–water partition coefficient (Wildman–Crippen LogP) is 1.99. The second-order valence-corrected chi connectivity index (χ2v) is 6.67. The average Bonchev–Trinajstić information content (AvgIpc) is 2.36. The van der Waals surface area contributed by atoms with E-state index in [0.717, 1.165) is 12.0 Å². The van der Waals surface area contributed by atoms with E-state index in [1.54, 1.807) is 0 Å². The molecule has 0 saturated heterocycles. The van der Waals surface area contributed by atoms with Crippen LogP contribution >= 0.6 is 0 Å². The Hall–Kier alpha value is -0.930. The third-order valence-electron chi connectivity index (χ3n) is 5.50. The van der Waals surface area contributed by atoms with E-state index in [2.05, 4.69) is 19.1 Å². The first-order chi connectivity index (χ1) is 8.92. The molecular weight excluding hydrogens is 240 g/mol. The second-order valence-electron chi connectivity index (χ2n) is 6.67. The van der Waals surface area contributed by atoms with Gasteiger partial charge in [-0.05, 0) is 54.6 Å². The number of Topliss-reactive ketones (excluding diaryl/α,β-unsaturated/α-hetero) is 1. The predicted molar refractivity (Wildman–Crippen MR) is 72.4 cm³/mol. The van der Waals surface area contributed by atoms with Crippen molar-refractivity contribution in [1.82, 2.24) is 0 Å². The van der Waals surface area contributed by atoms with Gasteiger partial charge in [0, 0.05) is 6.42 Å². The summed E-state index contributed by atoms with van der Waals surface area (Å²) >= 11 is 0. The second kappa shape index (κ2) is 4.29. The quantitative estimate of drug-likeness (QED) is 0.702. The first-order valence-corrected chi connectivity index (χ1v) is 7.22. The van der Waals surface area contributed by atoms with Gasteiger partial charge < -0.3 is 10.2 Å². The highest BCUT2D eigenvalue weighted by atomic mass is 16.3. The summed E-state index contributed by atoms with van der Waals surface area (Å²) < 4.78 is 0. The van der Waals surface area contributed by atoms with E-state index in [-0.39, 0.29) is 11.2 Å². The van der Waals surface area contributed by atoms with Crippen LogP contribution in [-0.2, 0) is 4.79 Å². The van der Waals surface area contributed by atoms with Crippen LogP contribution in [0.5, 0.6) is 0 Å². The smallest absolute Gasteiger partial charge is 0.158 e. The van der Waals surface area contributed by atoms with Crippen LogP contribution in [-0.4, -0.2) is 28.2 Å². The van der Waals surface area contributed by atoms with Crippen molar-refractivity contribution < 1.29 is 15.0 Å². The van der Waals surface area contributed by atoms with Gasteiger partial charge in [-0.1, -0.05) is 19.1 Å². The van der Waals surface area contributed by atoms with Gasteiger partial charge in [0.2, 0.25) is 0 Å². The molecule has 0 radical (unpaired) electrons. The van der Waals surface area contributed by atoms with Crippen LogP contribution in [0.1, 0.15) is 39.5 Å². The summed E-state index contributed by atoms with van der Waals surface area (Å²) in [6.45, 7) is 4.09. The third kappa shape index (κ3) is 1.91. The zero-order valence-corrected chi connectivity index (χ0v) is 11.6. The maximum atomic E-state index is 11.8. The Bertz CT molecular complexity index is 476. The number of hydrogen-bond acceptors (Lipinski definition) is 3. The fourth-order valence-corrected chi connectivity index (χ4v) is 4.26. The Morgan fingerprint density at radius 1 is 1.32 bits per heavy atom. The van der Waals surface area contributed by atoms with Crippen LogP contribution in [0.3, 0.4) is 0 Å². The number of carbonyl (C=O) groups is 1. The molecule has 1 fully saturated rings. The molecule has 0 amide bonds. The number of rotatable bonds is 0. The normalized spacial score (nSPS) is 46.0. The van der Waals surface area contributed by atoms with Crippen molar-refractivity contribution in [2.75, 3.05) is 0 Å². The fourth-order valence-electron chi connectivity index (χ4n) is 4.26. The molecule has 0 unspecified atom stereocenters. The first kappa shape index (κ1) is 13.1. The number of hydrogen-bond donors (Lipinski definition) is 2. The van der Waals surface area contributed by atoms with Crippen molar-refractivity contribution in [3.8, 4) is 0 Å². The number of ketones is 1. The van der Waals surface area contributed by atoms with Crippen molar-refractivity contribution in [3.63, 3.8) is 0 Å². The highest BCUT2D eigenvalue weighted by Crippen LogP contribution is 2.53. The largest absolute Gasteiger partial charge is 0.390 e. The Morgan fingerprint density at radius 3 is 2.79 bits per heavy atom. The Morgan fingerprint density at radius 2 is 2.05 bits per heavy atom. The number of aliphatic hydroxyl groups excluding tert-OH is 2. The van der Waals surface area contributed by atoms with Gasteiger partial charge in [-0.15, -0.1) is 0 Å². The van der Waals surface area contributed by atoms with Gasteiger partial charge >= 0.3 is 0 Å². The third-order valence-corrected chi connectivity index (χ3v) is 5.50. The van der Waals surface area contributed by atoms with Gasteiger partial charge in [0.15, 0.2) is 5.78 Å². The summed E-state index contributed by atoms with van der Waals surface area (Å²) in [7, 11) is 0. The fraction of sp³-hybridized carbons (Fsp3) is 0.688. The highest BCUT2D eigenvalue weighted by Gasteiger charge is 2.49. The zero-order valence-electron chi connectivity index (χ0n) is 11.6. The minimum atomic E-state index is -0.622. The van der Waals surface area contributed by atoms with Crippen molar-refractivity contribution in [1.29, 1.82) is 0 Å². The van der Waals surface area contributed by atoms with Crippen LogP contribution < -0.4 is 0 Å². The molecule has 1 saturated carbocycles. The molecule has 19 heavy (non-hydrogen) atoms. The van der Waals surface area contributed by atoms with Crippen LogP contribution in [0.4, 0.5) is 0 Å². The molecule has 5 atom stereocenters. The molecule has 0 aliphatic heterocycles. The Balaban J connectivity index is 2.03. The topological polar surface area (TPSA) is 57.5 Å². The van der Waals surface area contributed by atoms with Crippen molar-refractivity contribution >= 4 is 5.78 Å². The molecule has 0 spiro atoms. The SMILES string of the molecule is CC1=C2C=C[C@]3(C)C[C@H](O)[C@H](O)C[C@@H]3[C@H]2CCC1=O. The number of aliphatic hydroxyl groups is 2. The molecule has 3 rings (SSSR count). The van der Waals surface area contributed by atoms with Crippen molar-refractivity contribution in [2.24, 2.45) is 17.3 Å². The van der Waals surface area contributed by atoms with E-state index >= 15 is 0 Å². The van der Waals surface area contributed by atoms with Gasteiger partial charge in [-0.25, -0.2) is 0 Å². The lowest BCUT2D eigenvalue weighted by Gasteiger charge is -2.51. The number of fused-ring (bicyclic) bond motifs is 3. The van der Waals surface area contributed by atoms with Gasteiger partial charge in [-0.2, -0.15) is 0 Å². The van der Waals surface area contributed by atoms with Crippen LogP contribution in [0.2, 0.25) is 0 Å². The highest BCUT2D eigenvalue weighted by molar-refractivity contribution is 5.97. The van der Waals surface area contributed by atoms with E-state index in [4.69, 9.17) is 0 Å². The lowest BCUT2D eigenvalue weighted by Crippen LogP contribution is -2.49. The van der Waals surface area contributed by atoms with E-state index < -0.39 is 12.2 Å². The van der Waals surface area contributed by atoms with Crippen molar-refractivity contribution in [2.45, 2.75) is 51.7 Å². The molecule has 2 N–H and O–H groups in total. The molecule has 0 heterocycles. The minimum Gasteiger partial charge on any atom is -0.390 e. The molecule has 0 aromatic carbocycles. The number of allylic oxidation sites excluding steroid dienone is 4. The van der Waals surface area contributed by atoms with Crippen molar-refractivity contribution in [3.05, 3.63) is 23.3 Å². The lowest BCUT2D eigenvalue weighted by atomic mass is 9.55. The summed E-state index contributed by atoms with van der Waals surface area (Å²) in [5.74, 6) is 0.972. The summed E-state index contributed by atoms with van der Waals surface area (Å²) in [6.07, 6.45) is 5.77. The van der Waals surface area contributed by atoms with Gasteiger partial charge in [0.1, 0.15) is 0 Å². The number of carbonyl (C=O) groups excluding carboxylic acids is 1. The molecule has 0 aromatic rings. The van der Waals surface area contributed by atoms with E-state index in [9.17, 15) is 15.0 Å². The Labute approximate surface area is 114 Å². The minimum absolute atomic E-state index is 0.0481. The standard InChI is InChI=1S/C16H22O3/c1-9-10-5-6-16(2)8-15(19)14(18)7-12(16)11(10)3-4-13(9)17/h5-6,11-12,14-15,18-19H,3-4,7-8H2,1-2H3/t11-,12+,14+,15-,16+/m0/s1. The molecule has 3 aliphatic rings. The maximum Gasteiger partial charge on any atom is 0.158 e. The maximum absolute atomic E-state index is 11.8. The first-order valence-electron chi connectivity index (χ1n) is 7.22. The molecule has 3 nitrogen and oxygen atoms in total. The molecule has 0 bridgehead atoms. The molecule has 3 aliphatic carbocycles. The summed E-state index contributed by atoms with van der Waals surface area (Å²) in [5.41, 5.74) is 2.02. The van der Waals surface area contributed by atoms with Crippen LogP contribution in [0.25, 0.3) is 0 Å². The van der Waals surface area contributed by atoms with Crippen LogP contribution in [0, 0.1) is 17.3 Å². The monoisotopic (exact) mass is 262 g/mol. The zero-order chi connectivity index (χ0) is 13.8. The van der Waals surface area contributed by atoms with Gasteiger partial charge in [-0.3, -0.25) is 4.79 Å². The van der Waals surface area contributed by atoms with Crippen LogP contribution in [0.15, 0.2) is 23.3 Å². The Kier molecular flexibility index (Phi) is 2.95. The van der Waals surface area contributed by atoms with Gasteiger partial charge in [0.05, 0.1) is 12.2 Å². The average molecular weight is 262 g/mol. The molecule has 104 valence electrons. The van der Waals surface area contributed by atoms with Gasteiger partial charge in [0.25, 0.3) is 0 Å².